The maximum Gasteiger partial charge on any atom is 0.188 e. The quantitative estimate of drug-likeness (QED) is 0.358. The third-order valence-electron chi connectivity index (χ3n) is 2.10. The van der Waals surface area contributed by atoms with Gasteiger partial charge in [-0.3, -0.25) is 0 Å². The molecule has 0 fully saturated rings. The molecule has 98 valence electrons. The van der Waals surface area contributed by atoms with E-state index < -0.39 is 0 Å². The summed E-state index contributed by atoms with van der Waals surface area (Å²) in [5.41, 5.74) is 7.24. The summed E-state index contributed by atoms with van der Waals surface area (Å²) in [5, 5.41) is 11.7. The summed E-state index contributed by atoms with van der Waals surface area (Å²) in [5.74, 6) is 0.379. The Morgan fingerprint density at radius 3 is 3.00 bits per heavy atom. The highest BCUT2D eigenvalue weighted by molar-refractivity contribution is 14.0. The number of methoxy groups -OCH3 is 1. The minimum Gasteiger partial charge on any atom is -0.383 e. The maximum absolute atomic E-state index is 8.75. The standard InChI is InChI=1S/C12H16N4O.HI/c1-17-6-5-15-12(14)16-9-11-4-2-3-10(7-11)8-13;/h2-4,7H,5-6,9H2,1H3,(H3,14,15,16);1H. The molecule has 6 heteroatoms. The van der Waals surface area contributed by atoms with Crippen LogP contribution in [0, 0.1) is 11.3 Å². The SMILES string of the molecule is COCCNC(N)=NCc1cccc(C#N)c1.I. The summed E-state index contributed by atoms with van der Waals surface area (Å²) < 4.78 is 4.88. The fourth-order valence-corrected chi connectivity index (χ4v) is 1.25. The van der Waals surface area contributed by atoms with E-state index in [0.29, 0.717) is 31.2 Å². The lowest BCUT2D eigenvalue weighted by atomic mass is 10.1. The molecule has 3 N–H and O–H groups in total. The van der Waals surface area contributed by atoms with Gasteiger partial charge in [0.25, 0.3) is 0 Å². The van der Waals surface area contributed by atoms with Crippen molar-refractivity contribution in [2.45, 2.75) is 6.54 Å². The maximum atomic E-state index is 8.75. The Hall–Kier alpha value is -1.33. The lowest BCUT2D eigenvalue weighted by molar-refractivity contribution is 0.204. The van der Waals surface area contributed by atoms with Gasteiger partial charge < -0.3 is 15.8 Å². The number of aliphatic imine (C=N–C) groups is 1. The van der Waals surface area contributed by atoms with Gasteiger partial charge >= 0.3 is 0 Å². The number of guanidine groups is 1. The van der Waals surface area contributed by atoms with Crippen LogP contribution in [0.4, 0.5) is 0 Å². The highest BCUT2D eigenvalue weighted by Crippen LogP contribution is 2.04. The van der Waals surface area contributed by atoms with Gasteiger partial charge in [-0.25, -0.2) is 4.99 Å². The van der Waals surface area contributed by atoms with Crippen molar-refractivity contribution in [2.24, 2.45) is 10.7 Å². The molecule has 0 bridgehead atoms. The number of nitriles is 1. The average molecular weight is 360 g/mol. The van der Waals surface area contributed by atoms with Crippen LogP contribution in [0.5, 0.6) is 0 Å². The van der Waals surface area contributed by atoms with Crippen LogP contribution >= 0.6 is 24.0 Å². The number of halogens is 1. The van der Waals surface area contributed by atoms with Crippen LogP contribution in [-0.2, 0) is 11.3 Å². The van der Waals surface area contributed by atoms with Gasteiger partial charge in [-0.05, 0) is 17.7 Å². The third kappa shape index (κ3) is 6.42. The zero-order valence-electron chi connectivity index (χ0n) is 10.2. The summed E-state index contributed by atoms with van der Waals surface area (Å²) in [6.45, 7) is 1.67. The van der Waals surface area contributed by atoms with E-state index >= 15 is 0 Å². The molecule has 1 rings (SSSR count). The predicted molar refractivity (Wildman–Crippen MR) is 81.8 cm³/mol. The smallest absolute Gasteiger partial charge is 0.188 e. The van der Waals surface area contributed by atoms with Crippen molar-refractivity contribution in [3.8, 4) is 6.07 Å². The molecular weight excluding hydrogens is 343 g/mol. The Morgan fingerprint density at radius 2 is 2.33 bits per heavy atom. The van der Waals surface area contributed by atoms with Crippen LogP contribution in [0.2, 0.25) is 0 Å². The number of rotatable bonds is 5. The normalized spacial score (nSPS) is 10.3. The minimum absolute atomic E-state index is 0. The van der Waals surface area contributed by atoms with E-state index in [4.69, 9.17) is 15.7 Å². The molecule has 0 aliphatic carbocycles. The molecule has 0 aromatic heterocycles. The van der Waals surface area contributed by atoms with Crippen LogP contribution in [0.3, 0.4) is 0 Å². The molecule has 0 unspecified atom stereocenters. The second kappa shape index (κ2) is 9.67. The van der Waals surface area contributed by atoms with Gasteiger partial charge in [0.05, 0.1) is 24.8 Å². The molecule has 18 heavy (non-hydrogen) atoms. The first-order chi connectivity index (χ1) is 8.26. The van der Waals surface area contributed by atoms with Gasteiger partial charge in [0.15, 0.2) is 5.96 Å². The topological polar surface area (TPSA) is 83.4 Å². The molecule has 0 amide bonds. The van der Waals surface area contributed by atoms with Crippen molar-refractivity contribution in [3.05, 3.63) is 35.4 Å². The van der Waals surface area contributed by atoms with Crippen molar-refractivity contribution in [1.29, 1.82) is 5.26 Å². The first kappa shape index (κ1) is 16.7. The van der Waals surface area contributed by atoms with E-state index in [-0.39, 0.29) is 24.0 Å². The van der Waals surface area contributed by atoms with Crippen molar-refractivity contribution in [2.75, 3.05) is 20.3 Å². The summed E-state index contributed by atoms with van der Waals surface area (Å²) in [6, 6.07) is 9.38. The second-order valence-corrected chi connectivity index (χ2v) is 3.43. The lowest BCUT2D eigenvalue weighted by Gasteiger charge is -2.04. The van der Waals surface area contributed by atoms with Crippen LogP contribution in [0.15, 0.2) is 29.3 Å². The molecule has 5 nitrogen and oxygen atoms in total. The van der Waals surface area contributed by atoms with E-state index in [1.807, 2.05) is 12.1 Å². The molecule has 0 spiro atoms. The first-order valence-electron chi connectivity index (χ1n) is 5.28. The fraction of sp³-hybridized carbons (Fsp3) is 0.333. The van der Waals surface area contributed by atoms with Gasteiger partial charge in [-0.15, -0.1) is 24.0 Å². The number of hydrogen-bond donors (Lipinski definition) is 2. The number of benzene rings is 1. The molecule has 0 aliphatic heterocycles. The Bertz CT molecular complexity index is 428. The van der Waals surface area contributed by atoms with Crippen LogP contribution < -0.4 is 11.1 Å². The van der Waals surface area contributed by atoms with E-state index in [2.05, 4.69) is 16.4 Å². The first-order valence-corrected chi connectivity index (χ1v) is 5.28. The molecule has 0 heterocycles. The molecule has 0 radical (unpaired) electrons. The van der Waals surface area contributed by atoms with Crippen LogP contribution in [-0.4, -0.2) is 26.2 Å². The molecule has 0 saturated carbocycles. The summed E-state index contributed by atoms with van der Waals surface area (Å²) >= 11 is 0. The number of nitrogens with two attached hydrogens (primary N) is 1. The Balaban J connectivity index is 0.00000289. The molecule has 1 aromatic carbocycles. The summed E-state index contributed by atoms with van der Waals surface area (Å²) in [7, 11) is 1.63. The van der Waals surface area contributed by atoms with Crippen molar-refractivity contribution in [3.63, 3.8) is 0 Å². The van der Waals surface area contributed by atoms with Gasteiger partial charge in [0.2, 0.25) is 0 Å². The van der Waals surface area contributed by atoms with E-state index in [9.17, 15) is 0 Å². The minimum atomic E-state index is 0. The Kier molecular flexibility index (Phi) is 8.96. The predicted octanol–water partition coefficient (Wildman–Crippen LogP) is 1.23. The highest BCUT2D eigenvalue weighted by atomic mass is 127. The summed E-state index contributed by atoms with van der Waals surface area (Å²) in [6.07, 6.45) is 0. The fourth-order valence-electron chi connectivity index (χ4n) is 1.25. The van der Waals surface area contributed by atoms with Crippen LogP contribution in [0.25, 0.3) is 0 Å². The zero-order valence-corrected chi connectivity index (χ0v) is 12.5. The number of hydrogen-bond acceptors (Lipinski definition) is 3. The highest BCUT2D eigenvalue weighted by Gasteiger charge is 1.95. The number of nitrogens with one attached hydrogen (secondary N) is 1. The number of ether oxygens (including phenoxy) is 1. The zero-order chi connectivity index (χ0) is 12.5. The van der Waals surface area contributed by atoms with E-state index in [1.54, 1.807) is 19.2 Å². The molecule has 0 atom stereocenters. The Morgan fingerprint density at radius 1 is 1.56 bits per heavy atom. The van der Waals surface area contributed by atoms with E-state index in [1.165, 1.54) is 0 Å². The van der Waals surface area contributed by atoms with Crippen molar-refractivity contribution < 1.29 is 4.74 Å². The van der Waals surface area contributed by atoms with Gasteiger partial charge in [0, 0.05) is 13.7 Å². The van der Waals surface area contributed by atoms with Crippen LogP contribution in [0.1, 0.15) is 11.1 Å². The molecule has 0 saturated heterocycles. The molecular formula is C12H17IN4O. The van der Waals surface area contributed by atoms with Gasteiger partial charge in [-0.1, -0.05) is 12.1 Å². The number of nitrogens with zero attached hydrogens (tertiary/aromatic N) is 2. The summed E-state index contributed by atoms with van der Waals surface area (Å²) in [4.78, 5) is 4.16. The van der Waals surface area contributed by atoms with Crippen molar-refractivity contribution in [1.82, 2.24) is 5.32 Å². The largest absolute Gasteiger partial charge is 0.383 e. The van der Waals surface area contributed by atoms with Gasteiger partial charge in [-0.2, -0.15) is 5.26 Å². The third-order valence-corrected chi connectivity index (χ3v) is 2.10. The van der Waals surface area contributed by atoms with Gasteiger partial charge in [0.1, 0.15) is 0 Å². The Labute approximate surface area is 124 Å². The van der Waals surface area contributed by atoms with E-state index in [0.717, 1.165) is 5.56 Å². The molecule has 0 aliphatic rings. The monoisotopic (exact) mass is 360 g/mol. The van der Waals surface area contributed by atoms with Crippen molar-refractivity contribution >= 4 is 29.9 Å². The second-order valence-electron chi connectivity index (χ2n) is 3.43. The average Bonchev–Trinajstić information content (AvgIpc) is 2.37. The molecule has 1 aromatic rings. The lowest BCUT2D eigenvalue weighted by Crippen LogP contribution is -2.34.